The smallest absolute Gasteiger partial charge is 0.379 e. The molecule has 11 heteroatoms. The summed E-state index contributed by atoms with van der Waals surface area (Å²) in [5.41, 5.74) is 2.70. The Balaban J connectivity index is 0.000000552. The monoisotopic (exact) mass is 444 g/mol. The van der Waals surface area contributed by atoms with Crippen molar-refractivity contribution >= 4 is 34.2 Å². The largest absolute Gasteiger partial charge is 0.506 e. The molecule has 2 aromatic carbocycles. The van der Waals surface area contributed by atoms with Crippen LogP contribution in [0.5, 0.6) is 5.75 Å². The molecule has 0 amide bonds. The molecule has 0 unspecified atom stereocenters. The minimum absolute atomic E-state index is 0.0782. The highest BCUT2D eigenvalue weighted by Gasteiger charge is 2.13. The van der Waals surface area contributed by atoms with Crippen LogP contribution in [0.25, 0.3) is 22.6 Å². The molecule has 4 rings (SSSR count). The maximum absolute atomic E-state index is 9.67. The molecular weight excluding hydrogens is 432 g/mol. The van der Waals surface area contributed by atoms with Crippen molar-refractivity contribution in [1.29, 1.82) is 0 Å². The highest BCUT2D eigenvalue weighted by molar-refractivity contribution is 6.32. The number of aromatic nitrogens is 4. The second-order valence-electron chi connectivity index (χ2n) is 5.86. The van der Waals surface area contributed by atoms with E-state index in [1.807, 2.05) is 24.3 Å². The minimum Gasteiger partial charge on any atom is -0.506 e. The van der Waals surface area contributed by atoms with Gasteiger partial charge in [0.05, 0.1) is 5.02 Å². The molecule has 0 saturated heterocycles. The molecule has 0 aliphatic carbocycles. The van der Waals surface area contributed by atoms with E-state index in [2.05, 4.69) is 20.6 Å². The number of aryl methyl sites for hydroxylation is 2. The first-order chi connectivity index (χ1) is 13.8. The lowest BCUT2D eigenvalue weighted by molar-refractivity contribution is 0.00819. The molecule has 6 nitrogen and oxygen atoms in total. The third-order valence-corrected chi connectivity index (χ3v) is 4.60. The van der Waals surface area contributed by atoms with Gasteiger partial charge in [0.1, 0.15) is 11.3 Å². The van der Waals surface area contributed by atoms with Gasteiger partial charge in [-0.3, -0.25) is 0 Å². The molecule has 152 valence electrons. The van der Waals surface area contributed by atoms with Gasteiger partial charge >= 0.3 is 6.68 Å². The summed E-state index contributed by atoms with van der Waals surface area (Å²) in [6.07, 6.45) is 1.46. The van der Waals surface area contributed by atoms with Crippen LogP contribution < -0.4 is 0 Å². The van der Waals surface area contributed by atoms with E-state index >= 15 is 0 Å². The minimum atomic E-state index is -3.67. The fourth-order valence-electron chi connectivity index (χ4n) is 2.65. The number of phenols is 1. The Morgan fingerprint density at radius 1 is 1.03 bits per heavy atom. The lowest BCUT2D eigenvalue weighted by Crippen LogP contribution is -1.92. The molecule has 2 heterocycles. The Kier molecular flexibility index (Phi) is 6.60. The van der Waals surface area contributed by atoms with Gasteiger partial charge in [0.25, 0.3) is 0 Å². The molecule has 0 aliphatic heterocycles. The number of tetrazole rings is 1. The van der Waals surface area contributed by atoms with Crippen LogP contribution in [0.2, 0.25) is 10.0 Å². The Bertz CT molecular complexity index is 1100. The summed E-state index contributed by atoms with van der Waals surface area (Å²) >= 11 is 12.3. The number of H-pyrrole nitrogens is 1. The Morgan fingerprint density at radius 3 is 2.45 bits per heavy atom. The Morgan fingerprint density at radius 2 is 1.79 bits per heavy atom. The summed E-state index contributed by atoms with van der Waals surface area (Å²) in [5, 5.41) is 25.1. The molecule has 0 bridgehead atoms. The number of nitrogens with zero attached hydrogens (tertiary/aromatic N) is 3. The third kappa shape index (κ3) is 5.39. The zero-order valence-electron chi connectivity index (χ0n) is 14.5. The maximum Gasteiger partial charge on any atom is 0.379 e. The molecule has 0 spiro atoms. The van der Waals surface area contributed by atoms with Crippen molar-refractivity contribution in [3.05, 3.63) is 57.6 Å². The first-order valence-corrected chi connectivity index (χ1v) is 8.94. The quantitative estimate of drug-likeness (QED) is 0.428. The first-order valence-electron chi connectivity index (χ1n) is 8.19. The van der Waals surface area contributed by atoms with E-state index in [0.717, 1.165) is 22.9 Å². The Hall–Kier alpha value is -2.78. The van der Waals surface area contributed by atoms with Gasteiger partial charge in [0.2, 0.25) is 5.82 Å². The number of rotatable bonds is 4. The number of halogens is 5. The molecule has 29 heavy (non-hydrogen) atoms. The lowest BCUT2D eigenvalue weighted by atomic mass is 10.0. The van der Waals surface area contributed by atoms with E-state index in [9.17, 15) is 18.3 Å². The highest BCUT2D eigenvalue weighted by Crippen LogP contribution is 2.31. The summed E-state index contributed by atoms with van der Waals surface area (Å²) in [5.74, 6) is 1.00. The molecule has 0 fully saturated rings. The molecule has 0 atom stereocenters. The van der Waals surface area contributed by atoms with Gasteiger partial charge in [0, 0.05) is 10.4 Å². The van der Waals surface area contributed by atoms with Crippen LogP contribution in [0.3, 0.4) is 0 Å². The zero-order valence-corrected chi connectivity index (χ0v) is 16.1. The van der Waals surface area contributed by atoms with E-state index in [4.69, 9.17) is 27.6 Å². The van der Waals surface area contributed by atoms with Gasteiger partial charge in [-0.15, -0.1) is 10.2 Å². The van der Waals surface area contributed by atoms with Crippen LogP contribution in [0, 0.1) is 0 Å². The van der Waals surface area contributed by atoms with E-state index in [-0.39, 0.29) is 5.75 Å². The zero-order chi connectivity index (χ0) is 21.0. The third-order valence-electron chi connectivity index (χ3n) is 3.95. The lowest BCUT2D eigenvalue weighted by Gasteiger charge is -2.06. The predicted molar refractivity (Wildman–Crippen MR) is 102 cm³/mol. The standard InChI is InChI=1S/C17H12Cl2N4O2.CHF3/c18-12-6-11-8-16(17-20-22-23-21-17)25-15(11)7-10(12)3-1-9-2-4-14(24)13(19)5-9;2-1(3)4/h2,4-8,24H,1,3H2,(H,20,21,22,23);1H. The Labute approximate surface area is 172 Å². The van der Waals surface area contributed by atoms with Gasteiger partial charge in [-0.2, -0.15) is 18.4 Å². The van der Waals surface area contributed by atoms with Crippen LogP contribution in [0.4, 0.5) is 13.2 Å². The summed E-state index contributed by atoms with van der Waals surface area (Å²) < 4.78 is 34.8. The second kappa shape index (κ2) is 9.15. The van der Waals surface area contributed by atoms with E-state index < -0.39 is 6.68 Å². The highest BCUT2D eigenvalue weighted by atomic mass is 35.5. The van der Waals surface area contributed by atoms with Crippen molar-refractivity contribution in [2.24, 2.45) is 0 Å². The van der Waals surface area contributed by atoms with Crippen LogP contribution in [0.1, 0.15) is 11.1 Å². The first kappa shape index (κ1) is 20.9. The van der Waals surface area contributed by atoms with Crippen molar-refractivity contribution in [2.75, 3.05) is 0 Å². The van der Waals surface area contributed by atoms with E-state index in [0.29, 0.717) is 33.6 Å². The van der Waals surface area contributed by atoms with Crippen molar-refractivity contribution < 1.29 is 22.7 Å². The number of alkyl halides is 3. The number of hydrogen-bond acceptors (Lipinski definition) is 5. The number of aromatic hydroxyl groups is 1. The molecule has 2 aromatic heterocycles. The summed E-state index contributed by atoms with van der Waals surface area (Å²) in [4.78, 5) is 0. The van der Waals surface area contributed by atoms with Crippen molar-refractivity contribution in [1.82, 2.24) is 20.6 Å². The van der Waals surface area contributed by atoms with Crippen LogP contribution in [-0.4, -0.2) is 32.4 Å². The SMILES string of the molecule is FC(F)F.Oc1ccc(CCc2cc3oc(-c4nn[nH]n4)cc3cc2Cl)cc1Cl. The van der Waals surface area contributed by atoms with Crippen LogP contribution >= 0.6 is 23.2 Å². The molecule has 4 aromatic rings. The number of fused-ring (bicyclic) bond motifs is 1. The van der Waals surface area contributed by atoms with Crippen molar-refractivity contribution in [2.45, 2.75) is 19.5 Å². The summed E-state index contributed by atoms with van der Waals surface area (Å²) in [7, 11) is 0. The maximum atomic E-state index is 9.67. The van der Waals surface area contributed by atoms with E-state index in [1.165, 1.54) is 0 Å². The van der Waals surface area contributed by atoms with Gasteiger partial charge in [0.15, 0.2) is 5.76 Å². The number of benzene rings is 2. The van der Waals surface area contributed by atoms with Crippen LogP contribution in [-0.2, 0) is 12.8 Å². The number of furan rings is 1. The molecule has 0 radical (unpaired) electrons. The van der Waals surface area contributed by atoms with Crippen molar-refractivity contribution in [3.8, 4) is 17.3 Å². The van der Waals surface area contributed by atoms with Gasteiger partial charge < -0.3 is 9.52 Å². The summed E-state index contributed by atoms with van der Waals surface area (Å²) in [6.45, 7) is -3.67. The molecule has 0 aliphatic rings. The number of aromatic amines is 1. The predicted octanol–water partition coefficient (Wildman–Crippen LogP) is 5.59. The van der Waals surface area contributed by atoms with Gasteiger partial charge in [-0.25, -0.2) is 0 Å². The average Bonchev–Trinajstić information content (AvgIpc) is 3.31. The van der Waals surface area contributed by atoms with Gasteiger partial charge in [-0.1, -0.05) is 29.3 Å². The molecule has 2 N–H and O–H groups in total. The average molecular weight is 445 g/mol. The van der Waals surface area contributed by atoms with Crippen LogP contribution in [0.15, 0.2) is 40.8 Å². The number of phenolic OH excluding ortho intramolecular Hbond substituents is 1. The normalized spacial score (nSPS) is 11.0. The van der Waals surface area contributed by atoms with Crippen molar-refractivity contribution in [3.63, 3.8) is 0 Å². The molecular formula is C18H13Cl2F3N4O2. The van der Waals surface area contributed by atoms with E-state index in [1.54, 1.807) is 12.1 Å². The van der Waals surface area contributed by atoms with Gasteiger partial charge in [-0.05, 0) is 59.5 Å². The summed E-state index contributed by atoms with van der Waals surface area (Å²) in [6, 6.07) is 10.8. The number of nitrogens with one attached hydrogen (secondary N) is 1. The molecule has 0 saturated carbocycles. The topological polar surface area (TPSA) is 87.8 Å². The fraction of sp³-hybridized carbons (Fsp3) is 0.167. The second-order valence-corrected chi connectivity index (χ2v) is 6.68. The fourth-order valence-corrected chi connectivity index (χ4v) is 3.12. The number of hydrogen-bond donors (Lipinski definition) is 2.